The van der Waals surface area contributed by atoms with Crippen LogP contribution in [0.5, 0.6) is 0 Å². The third-order valence-corrected chi connectivity index (χ3v) is 3.87. The molecule has 0 aliphatic rings. The molecule has 0 amide bonds. The Morgan fingerprint density at radius 1 is 1.00 bits per heavy atom. The van der Waals surface area contributed by atoms with E-state index in [4.69, 9.17) is 0 Å². The Kier molecular flexibility index (Phi) is 2.85. The van der Waals surface area contributed by atoms with Crippen molar-refractivity contribution in [2.24, 2.45) is 0 Å². The number of hydrogen-bond acceptors (Lipinski definition) is 4. The third kappa shape index (κ3) is 1.94. The first-order valence-electron chi connectivity index (χ1n) is 7.31. The van der Waals surface area contributed by atoms with Gasteiger partial charge in [-0.15, -0.1) is 5.10 Å². The third-order valence-electron chi connectivity index (χ3n) is 3.87. The minimum atomic E-state index is 0.786. The van der Waals surface area contributed by atoms with Crippen molar-refractivity contribution in [3.63, 3.8) is 0 Å². The highest BCUT2D eigenvalue weighted by molar-refractivity contribution is 6.03. The summed E-state index contributed by atoms with van der Waals surface area (Å²) in [5, 5.41) is 9.47. The molecular weight excluding hydrogens is 274 g/mol. The molecule has 3 aromatic heterocycles. The van der Waals surface area contributed by atoms with Crippen LogP contribution in [-0.2, 0) is 6.54 Å². The molecule has 5 heteroatoms. The number of pyridine rings is 2. The average molecular weight is 289 g/mol. The van der Waals surface area contributed by atoms with Gasteiger partial charge in [0.1, 0.15) is 5.52 Å². The van der Waals surface area contributed by atoms with Crippen LogP contribution in [0, 0.1) is 6.92 Å². The summed E-state index contributed by atoms with van der Waals surface area (Å²) in [6.45, 7) is 4.85. The molecule has 0 spiro atoms. The predicted molar refractivity (Wildman–Crippen MR) is 86.5 cm³/mol. The highest BCUT2D eigenvalue weighted by Gasteiger charge is 2.10. The Morgan fingerprint density at radius 3 is 2.68 bits per heavy atom. The Morgan fingerprint density at radius 2 is 1.86 bits per heavy atom. The number of nitrogens with zero attached hydrogens (tertiary/aromatic N) is 5. The van der Waals surface area contributed by atoms with Gasteiger partial charge in [0.25, 0.3) is 0 Å². The van der Waals surface area contributed by atoms with Crippen molar-refractivity contribution in [2.75, 3.05) is 0 Å². The first-order chi connectivity index (χ1) is 10.8. The van der Waals surface area contributed by atoms with Gasteiger partial charge in [-0.05, 0) is 49.2 Å². The van der Waals surface area contributed by atoms with Gasteiger partial charge < -0.3 is 0 Å². The molecule has 0 fully saturated rings. The summed E-state index contributed by atoms with van der Waals surface area (Å²) in [6, 6.07) is 10.4. The maximum Gasteiger partial charge on any atom is 0.132 e. The van der Waals surface area contributed by atoms with Crippen LogP contribution in [0.2, 0.25) is 0 Å². The van der Waals surface area contributed by atoms with Gasteiger partial charge in [0, 0.05) is 23.8 Å². The molecule has 3 heterocycles. The summed E-state index contributed by atoms with van der Waals surface area (Å²) in [6.07, 6.45) is 3.62. The van der Waals surface area contributed by atoms with Crippen LogP contribution in [0.3, 0.4) is 0 Å². The van der Waals surface area contributed by atoms with Crippen LogP contribution in [0.15, 0.2) is 42.7 Å². The quantitative estimate of drug-likeness (QED) is 0.567. The van der Waals surface area contributed by atoms with Crippen molar-refractivity contribution in [3.05, 3.63) is 48.4 Å². The lowest BCUT2D eigenvalue weighted by Crippen LogP contribution is -1.97. The molecule has 0 saturated carbocycles. The van der Waals surface area contributed by atoms with E-state index in [0.717, 1.165) is 45.3 Å². The van der Waals surface area contributed by atoms with Gasteiger partial charge in [-0.2, -0.15) is 0 Å². The fourth-order valence-corrected chi connectivity index (χ4v) is 2.79. The summed E-state index contributed by atoms with van der Waals surface area (Å²) in [4.78, 5) is 8.74. The molecule has 0 atom stereocenters. The second-order valence-corrected chi connectivity index (χ2v) is 5.32. The summed E-state index contributed by atoms with van der Waals surface area (Å²) >= 11 is 0. The van der Waals surface area contributed by atoms with Crippen molar-refractivity contribution in [3.8, 4) is 11.1 Å². The molecule has 0 aliphatic heterocycles. The standard InChI is InChI=1S/C17H15N5/c1-3-22-17-14-9-12(13-6-7-18-11(2)8-13)4-5-15(14)19-10-16(17)20-21-22/h4-10H,3H2,1-2H3. The lowest BCUT2D eigenvalue weighted by Gasteiger charge is -2.06. The van der Waals surface area contributed by atoms with E-state index in [0.29, 0.717) is 0 Å². The molecule has 0 bridgehead atoms. The summed E-state index contributed by atoms with van der Waals surface area (Å²) in [5.41, 5.74) is 6.14. The molecular formula is C17H15N5. The normalized spacial score (nSPS) is 11.4. The smallest absolute Gasteiger partial charge is 0.132 e. The monoisotopic (exact) mass is 289 g/mol. The number of hydrogen-bond donors (Lipinski definition) is 0. The van der Waals surface area contributed by atoms with Crippen LogP contribution in [-0.4, -0.2) is 25.0 Å². The lowest BCUT2D eigenvalue weighted by atomic mass is 10.0. The second kappa shape index (κ2) is 4.87. The van der Waals surface area contributed by atoms with Gasteiger partial charge in [-0.1, -0.05) is 11.3 Å². The van der Waals surface area contributed by atoms with E-state index in [1.54, 1.807) is 6.20 Å². The number of aryl methyl sites for hydroxylation is 2. The zero-order chi connectivity index (χ0) is 15.1. The number of rotatable bonds is 2. The Balaban J connectivity index is 2.03. The van der Waals surface area contributed by atoms with Crippen LogP contribution in [0.4, 0.5) is 0 Å². The minimum absolute atomic E-state index is 0.786. The molecule has 4 rings (SSSR count). The van der Waals surface area contributed by atoms with Crippen molar-refractivity contribution in [1.29, 1.82) is 0 Å². The van der Waals surface area contributed by atoms with E-state index < -0.39 is 0 Å². The fourth-order valence-electron chi connectivity index (χ4n) is 2.79. The van der Waals surface area contributed by atoms with Crippen molar-refractivity contribution in [2.45, 2.75) is 20.4 Å². The largest absolute Gasteiger partial charge is 0.262 e. The molecule has 0 saturated heterocycles. The van der Waals surface area contributed by atoms with E-state index in [2.05, 4.69) is 45.4 Å². The highest BCUT2D eigenvalue weighted by Crippen LogP contribution is 2.28. The average Bonchev–Trinajstić information content (AvgIpc) is 2.98. The maximum absolute atomic E-state index is 4.48. The van der Waals surface area contributed by atoms with E-state index in [1.807, 2.05) is 29.9 Å². The lowest BCUT2D eigenvalue weighted by molar-refractivity contribution is 0.647. The zero-order valence-corrected chi connectivity index (χ0v) is 12.5. The Labute approximate surface area is 127 Å². The van der Waals surface area contributed by atoms with Crippen LogP contribution in [0.25, 0.3) is 33.1 Å². The van der Waals surface area contributed by atoms with Gasteiger partial charge >= 0.3 is 0 Å². The van der Waals surface area contributed by atoms with E-state index in [9.17, 15) is 0 Å². The van der Waals surface area contributed by atoms with Gasteiger partial charge in [0.2, 0.25) is 0 Å². The Bertz CT molecular complexity index is 987. The maximum atomic E-state index is 4.48. The number of fused-ring (bicyclic) bond motifs is 3. The van der Waals surface area contributed by atoms with Crippen molar-refractivity contribution >= 4 is 21.9 Å². The van der Waals surface area contributed by atoms with Crippen molar-refractivity contribution in [1.82, 2.24) is 25.0 Å². The molecule has 0 N–H and O–H groups in total. The SMILES string of the molecule is CCn1nnc2cnc3ccc(-c4ccnc(C)c4)cc3c21. The van der Waals surface area contributed by atoms with Gasteiger partial charge in [0.05, 0.1) is 17.2 Å². The Hall–Kier alpha value is -2.82. The van der Waals surface area contributed by atoms with Crippen LogP contribution >= 0.6 is 0 Å². The number of aromatic nitrogens is 5. The minimum Gasteiger partial charge on any atom is -0.262 e. The van der Waals surface area contributed by atoms with Crippen molar-refractivity contribution < 1.29 is 0 Å². The van der Waals surface area contributed by atoms with E-state index >= 15 is 0 Å². The molecule has 108 valence electrons. The van der Waals surface area contributed by atoms with Gasteiger partial charge in [0.15, 0.2) is 0 Å². The zero-order valence-electron chi connectivity index (χ0n) is 12.5. The first-order valence-corrected chi connectivity index (χ1v) is 7.31. The van der Waals surface area contributed by atoms with Gasteiger partial charge in [-0.25, -0.2) is 4.68 Å². The summed E-state index contributed by atoms with van der Waals surface area (Å²) in [5.74, 6) is 0. The molecule has 4 aromatic rings. The summed E-state index contributed by atoms with van der Waals surface area (Å²) in [7, 11) is 0. The second-order valence-electron chi connectivity index (χ2n) is 5.32. The van der Waals surface area contributed by atoms with E-state index in [-0.39, 0.29) is 0 Å². The predicted octanol–water partition coefficient (Wildman–Crippen LogP) is 3.37. The first kappa shape index (κ1) is 12.9. The summed E-state index contributed by atoms with van der Waals surface area (Å²) < 4.78 is 1.92. The van der Waals surface area contributed by atoms with E-state index in [1.165, 1.54) is 0 Å². The molecule has 1 aromatic carbocycles. The van der Waals surface area contributed by atoms with Gasteiger partial charge in [-0.3, -0.25) is 9.97 Å². The molecule has 0 aliphatic carbocycles. The number of benzene rings is 1. The molecule has 0 unspecified atom stereocenters. The molecule has 0 radical (unpaired) electrons. The van der Waals surface area contributed by atoms with Crippen LogP contribution in [0.1, 0.15) is 12.6 Å². The topological polar surface area (TPSA) is 56.5 Å². The highest BCUT2D eigenvalue weighted by atomic mass is 15.4. The van der Waals surface area contributed by atoms with Crippen LogP contribution < -0.4 is 0 Å². The molecule has 5 nitrogen and oxygen atoms in total. The molecule has 22 heavy (non-hydrogen) atoms. The fraction of sp³-hybridized carbons (Fsp3) is 0.176.